The summed E-state index contributed by atoms with van der Waals surface area (Å²) in [5, 5.41) is 0. The highest BCUT2D eigenvalue weighted by Crippen LogP contribution is 2.55. The summed E-state index contributed by atoms with van der Waals surface area (Å²) in [4.78, 5) is 12.0. The van der Waals surface area contributed by atoms with E-state index in [9.17, 15) is 4.79 Å². The van der Waals surface area contributed by atoms with Crippen LogP contribution in [0.5, 0.6) is 0 Å². The molecule has 0 radical (unpaired) electrons. The lowest BCUT2D eigenvalue weighted by molar-refractivity contribution is -0.122. The largest absolute Gasteiger partial charge is 0.372 e. The third-order valence-corrected chi connectivity index (χ3v) is 4.23. The number of hydrogen-bond donors (Lipinski definition) is 0. The van der Waals surface area contributed by atoms with Gasteiger partial charge in [-0.3, -0.25) is 4.79 Å². The van der Waals surface area contributed by atoms with Crippen molar-refractivity contribution in [3.63, 3.8) is 0 Å². The molecule has 2 heteroatoms. The topological polar surface area (TPSA) is 26.3 Å². The average Bonchev–Trinajstić information content (AvgIpc) is 2.76. The number of rotatable bonds is 1. The van der Waals surface area contributed by atoms with Crippen LogP contribution in [0.1, 0.15) is 33.6 Å². The Balaban J connectivity index is 1.83. The van der Waals surface area contributed by atoms with Crippen molar-refractivity contribution in [2.75, 3.05) is 0 Å². The quantitative estimate of drug-likeness (QED) is 0.635. The van der Waals surface area contributed by atoms with Gasteiger partial charge in [-0.2, -0.15) is 0 Å². The van der Waals surface area contributed by atoms with Crippen molar-refractivity contribution in [1.82, 2.24) is 0 Å². The molecule has 2 fully saturated rings. The molecule has 3 aliphatic carbocycles. The molecule has 3 aliphatic rings. The molecular weight excluding hydrogens is 200 g/mol. The molecule has 0 aromatic heterocycles. The van der Waals surface area contributed by atoms with Gasteiger partial charge in [-0.15, -0.1) is 0 Å². The van der Waals surface area contributed by atoms with E-state index >= 15 is 0 Å². The molecule has 88 valence electrons. The van der Waals surface area contributed by atoms with Crippen LogP contribution in [0.25, 0.3) is 0 Å². The van der Waals surface area contributed by atoms with E-state index in [1.54, 1.807) is 0 Å². The Hall–Kier alpha value is -0.630. The third kappa shape index (κ3) is 1.46. The normalized spacial score (nSPS) is 45.4. The summed E-state index contributed by atoms with van der Waals surface area (Å²) >= 11 is 0. The molecule has 2 nitrogen and oxygen atoms in total. The van der Waals surface area contributed by atoms with Crippen molar-refractivity contribution in [2.45, 2.75) is 45.3 Å². The third-order valence-electron chi connectivity index (χ3n) is 4.23. The highest BCUT2D eigenvalue weighted by atomic mass is 16.5. The molecule has 2 saturated carbocycles. The van der Waals surface area contributed by atoms with Crippen LogP contribution >= 0.6 is 0 Å². The minimum Gasteiger partial charge on any atom is -0.372 e. The molecular formula is C14H20O2. The lowest BCUT2D eigenvalue weighted by Crippen LogP contribution is -2.33. The number of carbonyl (C=O) groups is 1. The zero-order chi connectivity index (χ0) is 11.5. The first-order valence-electron chi connectivity index (χ1n) is 6.34. The van der Waals surface area contributed by atoms with Gasteiger partial charge in [0.1, 0.15) is 5.78 Å². The first-order chi connectivity index (χ1) is 7.46. The van der Waals surface area contributed by atoms with E-state index in [1.807, 2.05) is 0 Å². The number of ketones is 1. The van der Waals surface area contributed by atoms with Crippen LogP contribution in [0.4, 0.5) is 0 Å². The standard InChI is InChI=1S/C14H20O2/c1-14(2,3)16-11-7-10(15)12-8-4-5-9(6-8)13(11)12/h4-5,8-9,11-13H,6-7H2,1-3H3/t8-,9+,11-,12+,13-/m1/s1. The van der Waals surface area contributed by atoms with Crippen molar-refractivity contribution < 1.29 is 9.53 Å². The Labute approximate surface area is 97.1 Å². The van der Waals surface area contributed by atoms with Gasteiger partial charge in [0.25, 0.3) is 0 Å². The van der Waals surface area contributed by atoms with E-state index in [0.717, 1.165) is 0 Å². The molecule has 0 spiro atoms. The van der Waals surface area contributed by atoms with Crippen molar-refractivity contribution in [3.8, 4) is 0 Å². The van der Waals surface area contributed by atoms with E-state index < -0.39 is 0 Å². The number of carbonyl (C=O) groups excluding carboxylic acids is 1. The molecule has 0 amide bonds. The smallest absolute Gasteiger partial charge is 0.139 e. The molecule has 3 rings (SSSR count). The SMILES string of the molecule is CC(C)(C)O[C@@H]1CC(=O)[C@H]2[C@@H]1[C@H]1C=C[C@@H]2C1. The first-order valence-corrected chi connectivity index (χ1v) is 6.34. The first kappa shape index (κ1) is 10.5. The summed E-state index contributed by atoms with van der Waals surface area (Å²) in [5.74, 6) is 2.32. The lowest BCUT2D eigenvalue weighted by atomic mass is 9.84. The summed E-state index contributed by atoms with van der Waals surface area (Å²) in [6, 6.07) is 0. The van der Waals surface area contributed by atoms with Gasteiger partial charge in [-0.1, -0.05) is 12.2 Å². The van der Waals surface area contributed by atoms with Crippen LogP contribution in [0.15, 0.2) is 12.2 Å². The van der Waals surface area contributed by atoms with Crippen molar-refractivity contribution in [3.05, 3.63) is 12.2 Å². The van der Waals surface area contributed by atoms with Crippen molar-refractivity contribution in [2.24, 2.45) is 23.7 Å². The second kappa shape index (κ2) is 3.19. The predicted octanol–water partition coefficient (Wildman–Crippen LogP) is 2.58. The summed E-state index contributed by atoms with van der Waals surface area (Å²) in [5.41, 5.74) is -0.134. The molecule has 0 heterocycles. The van der Waals surface area contributed by atoms with E-state index in [0.29, 0.717) is 30.0 Å². The van der Waals surface area contributed by atoms with E-state index in [4.69, 9.17) is 4.74 Å². The highest BCUT2D eigenvalue weighted by Gasteiger charge is 2.56. The minimum atomic E-state index is -0.134. The fourth-order valence-electron chi connectivity index (χ4n) is 3.87. The summed E-state index contributed by atoms with van der Waals surface area (Å²) < 4.78 is 6.08. The maximum atomic E-state index is 12.0. The Morgan fingerprint density at radius 3 is 2.62 bits per heavy atom. The van der Waals surface area contributed by atoms with Gasteiger partial charge in [0.15, 0.2) is 0 Å². The highest BCUT2D eigenvalue weighted by molar-refractivity contribution is 5.85. The Bertz CT molecular complexity index is 350. The van der Waals surface area contributed by atoms with Crippen LogP contribution < -0.4 is 0 Å². The van der Waals surface area contributed by atoms with Crippen LogP contribution in [0.3, 0.4) is 0 Å². The van der Waals surface area contributed by atoms with Gasteiger partial charge in [0.05, 0.1) is 11.7 Å². The molecule has 0 saturated heterocycles. The second-order valence-corrected chi connectivity index (χ2v) is 6.49. The van der Waals surface area contributed by atoms with Crippen LogP contribution in [-0.4, -0.2) is 17.5 Å². The fourth-order valence-corrected chi connectivity index (χ4v) is 3.87. The molecule has 2 bridgehead atoms. The van der Waals surface area contributed by atoms with Gasteiger partial charge in [0.2, 0.25) is 0 Å². The summed E-state index contributed by atoms with van der Waals surface area (Å²) in [6.07, 6.45) is 6.55. The molecule has 0 aromatic rings. The predicted molar refractivity (Wildman–Crippen MR) is 62.0 cm³/mol. The zero-order valence-electron chi connectivity index (χ0n) is 10.3. The number of fused-ring (bicyclic) bond motifs is 5. The number of ether oxygens (including phenoxy) is 1. The fraction of sp³-hybridized carbons (Fsp3) is 0.786. The lowest BCUT2D eigenvalue weighted by Gasteiger charge is -2.31. The van der Waals surface area contributed by atoms with Gasteiger partial charge in [0, 0.05) is 18.3 Å². The monoisotopic (exact) mass is 220 g/mol. The van der Waals surface area contributed by atoms with E-state index in [-0.39, 0.29) is 17.6 Å². The van der Waals surface area contributed by atoms with Gasteiger partial charge in [-0.25, -0.2) is 0 Å². The minimum absolute atomic E-state index is 0.134. The molecule has 5 atom stereocenters. The molecule has 0 N–H and O–H groups in total. The number of Topliss-reactive ketones (excluding diaryl/α,β-unsaturated/α-hetero) is 1. The maximum Gasteiger partial charge on any atom is 0.139 e. The number of hydrogen-bond acceptors (Lipinski definition) is 2. The van der Waals surface area contributed by atoms with Crippen LogP contribution in [0, 0.1) is 23.7 Å². The van der Waals surface area contributed by atoms with Crippen molar-refractivity contribution >= 4 is 5.78 Å². The van der Waals surface area contributed by atoms with Gasteiger partial charge < -0.3 is 4.74 Å². The van der Waals surface area contributed by atoms with Crippen LogP contribution in [0.2, 0.25) is 0 Å². The molecule has 0 unspecified atom stereocenters. The Morgan fingerprint density at radius 1 is 1.25 bits per heavy atom. The van der Waals surface area contributed by atoms with E-state index in [1.165, 1.54) is 6.42 Å². The summed E-state index contributed by atoms with van der Waals surface area (Å²) in [6.45, 7) is 6.23. The summed E-state index contributed by atoms with van der Waals surface area (Å²) in [7, 11) is 0. The molecule has 0 aromatic carbocycles. The Kier molecular flexibility index (Phi) is 2.10. The van der Waals surface area contributed by atoms with Gasteiger partial charge in [-0.05, 0) is 39.0 Å². The maximum absolute atomic E-state index is 12.0. The Morgan fingerprint density at radius 2 is 1.94 bits per heavy atom. The number of allylic oxidation sites excluding steroid dienone is 2. The molecule has 16 heavy (non-hydrogen) atoms. The molecule has 0 aliphatic heterocycles. The second-order valence-electron chi connectivity index (χ2n) is 6.49. The van der Waals surface area contributed by atoms with E-state index in [2.05, 4.69) is 32.9 Å². The average molecular weight is 220 g/mol. The zero-order valence-corrected chi connectivity index (χ0v) is 10.3. The van der Waals surface area contributed by atoms with Crippen LogP contribution in [-0.2, 0) is 9.53 Å². The van der Waals surface area contributed by atoms with Crippen molar-refractivity contribution in [1.29, 1.82) is 0 Å². The van der Waals surface area contributed by atoms with Gasteiger partial charge >= 0.3 is 0 Å².